The lowest BCUT2D eigenvalue weighted by molar-refractivity contribution is 0.0786. The topological polar surface area (TPSA) is 46.3 Å². The van der Waals surface area contributed by atoms with Gasteiger partial charge < -0.3 is 10.6 Å². The lowest BCUT2D eigenvalue weighted by atomic mass is 10.1. The van der Waals surface area contributed by atoms with Crippen LogP contribution in [0.2, 0.25) is 10.0 Å². The number of carbonyl (C=O) groups is 1. The first-order valence-electron chi connectivity index (χ1n) is 6.02. The molecule has 0 saturated carbocycles. The Hall–Kier alpha value is -1.71. The molecule has 0 unspecified atom stereocenters. The first-order valence-corrected chi connectivity index (χ1v) is 6.78. The zero-order valence-electron chi connectivity index (χ0n) is 10.9. The standard InChI is InChI=1S/C15H14Cl2N2O/c1-19(9-10-2-4-11(16)5-3-10)15(20)13-7-6-12(17)8-14(13)18/h2-8H,9,18H2,1H3. The van der Waals surface area contributed by atoms with Gasteiger partial charge in [-0.1, -0.05) is 35.3 Å². The molecule has 20 heavy (non-hydrogen) atoms. The lowest BCUT2D eigenvalue weighted by Gasteiger charge is -2.18. The van der Waals surface area contributed by atoms with Crippen molar-refractivity contribution in [3.63, 3.8) is 0 Å². The number of carbonyl (C=O) groups excluding carboxylic acids is 1. The van der Waals surface area contributed by atoms with Gasteiger partial charge in [0.2, 0.25) is 0 Å². The maximum Gasteiger partial charge on any atom is 0.255 e. The molecular formula is C15H14Cl2N2O. The molecule has 5 heteroatoms. The summed E-state index contributed by atoms with van der Waals surface area (Å²) < 4.78 is 0. The Morgan fingerprint density at radius 3 is 2.30 bits per heavy atom. The Balaban J connectivity index is 2.14. The van der Waals surface area contributed by atoms with Gasteiger partial charge in [0.05, 0.1) is 5.56 Å². The van der Waals surface area contributed by atoms with E-state index < -0.39 is 0 Å². The van der Waals surface area contributed by atoms with E-state index in [0.717, 1.165) is 5.56 Å². The number of rotatable bonds is 3. The molecule has 0 aromatic heterocycles. The summed E-state index contributed by atoms with van der Waals surface area (Å²) >= 11 is 11.7. The van der Waals surface area contributed by atoms with Crippen LogP contribution in [0.1, 0.15) is 15.9 Å². The molecule has 0 spiro atoms. The SMILES string of the molecule is CN(Cc1ccc(Cl)cc1)C(=O)c1ccc(Cl)cc1N. The van der Waals surface area contributed by atoms with Gasteiger partial charge in [-0.15, -0.1) is 0 Å². The average molecular weight is 309 g/mol. The van der Waals surface area contributed by atoms with E-state index in [9.17, 15) is 4.79 Å². The minimum absolute atomic E-state index is 0.144. The molecular weight excluding hydrogens is 295 g/mol. The van der Waals surface area contributed by atoms with E-state index in [4.69, 9.17) is 28.9 Å². The molecule has 0 aliphatic rings. The van der Waals surface area contributed by atoms with Crippen molar-refractivity contribution in [1.29, 1.82) is 0 Å². The third kappa shape index (κ3) is 3.44. The molecule has 0 heterocycles. The van der Waals surface area contributed by atoms with Crippen LogP contribution in [0.3, 0.4) is 0 Å². The van der Waals surface area contributed by atoms with Gasteiger partial charge in [-0.2, -0.15) is 0 Å². The second kappa shape index (κ2) is 6.16. The van der Waals surface area contributed by atoms with Crippen molar-refractivity contribution < 1.29 is 4.79 Å². The van der Waals surface area contributed by atoms with E-state index in [1.165, 1.54) is 0 Å². The maximum atomic E-state index is 12.3. The van der Waals surface area contributed by atoms with Crippen molar-refractivity contribution in [2.24, 2.45) is 0 Å². The van der Waals surface area contributed by atoms with Crippen molar-refractivity contribution in [3.05, 3.63) is 63.6 Å². The van der Waals surface area contributed by atoms with Gasteiger partial charge in [0, 0.05) is 29.3 Å². The predicted octanol–water partition coefficient (Wildman–Crippen LogP) is 3.85. The third-order valence-electron chi connectivity index (χ3n) is 2.92. The van der Waals surface area contributed by atoms with Crippen molar-refractivity contribution in [2.75, 3.05) is 12.8 Å². The average Bonchev–Trinajstić information content (AvgIpc) is 2.40. The van der Waals surface area contributed by atoms with E-state index in [1.807, 2.05) is 12.1 Å². The van der Waals surface area contributed by atoms with Crippen molar-refractivity contribution in [2.45, 2.75) is 6.54 Å². The summed E-state index contributed by atoms with van der Waals surface area (Å²) in [5, 5.41) is 1.18. The summed E-state index contributed by atoms with van der Waals surface area (Å²) in [6.45, 7) is 0.484. The Morgan fingerprint density at radius 2 is 1.70 bits per heavy atom. The molecule has 2 rings (SSSR count). The third-order valence-corrected chi connectivity index (χ3v) is 3.41. The molecule has 104 valence electrons. The molecule has 0 radical (unpaired) electrons. The first-order chi connectivity index (χ1) is 9.47. The minimum atomic E-state index is -0.144. The van der Waals surface area contributed by atoms with Crippen LogP contribution in [0.15, 0.2) is 42.5 Å². The van der Waals surface area contributed by atoms with Crippen LogP contribution in [0.5, 0.6) is 0 Å². The molecule has 2 N–H and O–H groups in total. The highest BCUT2D eigenvalue weighted by Gasteiger charge is 2.15. The van der Waals surface area contributed by atoms with Gasteiger partial charge in [-0.05, 0) is 35.9 Å². The number of anilines is 1. The molecule has 0 fully saturated rings. The highest BCUT2D eigenvalue weighted by atomic mass is 35.5. The normalized spacial score (nSPS) is 10.3. The van der Waals surface area contributed by atoms with E-state index in [1.54, 1.807) is 42.3 Å². The smallest absolute Gasteiger partial charge is 0.255 e. The highest BCUT2D eigenvalue weighted by Crippen LogP contribution is 2.20. The van der Waals surface area contributed by atoms with Crippen molar-refractivity contribution in [3.8, 4) is 0 Å². The summed E-state index contributed by atoms with van der Waals surface area (Å²) in [5.41, 5.74) is 7.65. The summed E-state index contributed by atoms with van der Waals surface area (Å²) in [6.07, 6.45) is 0. The van der Waals surface area contributed by atoms with Gasteiger partial charge in [0.1, 0.15) is 0 Å². The van der Waals surface area contributed by atoms with Gasteiger partial charge in [-0.3, -0.25) is 4.79 Å². The Labute approximate surface area is 127 Å². The van der Waals surface area contributed by atoms with Crippen molar-refractivity contribution >= 4 is 34.8 Å². The largest absolute Gasteiger partial charge is 0.398 e. The summed E-state index contributed by atoms with van der Waals surface area (Å²) in [5.74, 6) is -0.144. The molecule has 0 aliphatic carbocycles. The molecule has 0 aliphatic heterocycles. The molecule has 0 bridgehead atoms. The van der Waals surface area contributed by atoms with Crippen LogP contribution in [-0.2, 0) is 6.54 Å². The highest BCUT2D eigenvalue weighted by molar-refractivity contribution is 6.31. The number of amides is 1. The molecule has 2 aromatic rings. The summed E-state index contributed by atoms with van der Waals surface area (Å²) in [4.78, 5) is 13.9. The van der Waals surface area contributed by atoms with Crippen LogP contribution >= 0.6 is 23.2 Å². The van der Waals surface area contributed by atoms with Crippen LogP contribution in [0.4, 0.5) is 5.69 Å². The Morgan fingerprint density at radius 1 is 1.10 bits per heavy atom. The van der Waals surface area contributed by atoms with E-state index >= 15 is 0 Å². The van der Waals surface area contributed by atoms with Crippen LogP contribution < -0.4 is 5.73 Å². The monoisotopic (exact) mass is 308 g/mol. The fraction of sp³-hybridized carbons (Fsp3) is 0.133. The predicted molar refractivity (Wildman–Crippen MR) is 83.1 cm³/mol. The molecule has 0 saturated heterocycles. The number of nitrogens with zero attached hydrogens (tertiary/aromatic N) is 1. The number of nitrogen functional groups attached to an aromatic ring is 1. The van der Waals surface area contributed by atoms with Gasteiger partial charge in [0.15, 0.2) is 0 Å². The molecule has 0 atom stereocenters. The minimum Gasteiger partial charge on any atom is -0.398 e. The number of hydrogen-bond donors (Lipinski definition) is 1. The number of hydrogen-bond acceptors (Lipinski definition) is 2. The summed E-state index contributed by atoms with van der Waals surface area (Å²) in [7, 11) is 1.73. The fourth-order valence-electron chi connectivity index (χ4n) is 1.87. The Kier molecular flexibility index (Phi) is 4.53. The second-order valence-corrected chi connectivity index (χ2v) is 5.39. The Bertz CT molecular complexity index is 626. The number of halogens is 2. The van der Waals surface area contributed by atoms with Crippen molar-refractivity contribution in [1.82, 2.24) is 4.90 Å². The lowest BCUT2D eigenvalue weighted by Crippen LogP contribution is -2.26. The van der Waals surface area contributed by atoms with Crippen LogP contribution in [-0.4, -0.2) is 17.9 Å². The van der Waals surface area contributed by atoms with Crippen LogP contribution in [0.25, 0.3) is 0 Å². The maximum absolute atomic E-state index is 12.3. The summed E-state index contributed by atoms with van der Waals surface area (Å²) in [6, 6.07) is 12.2. The molecule has 3 nitrogen and oxygen atoms in total. The van der Waals surface area contributed by atoms with E-state index in [0.29, 0.717) is 27.8 Å². The van der Waals surface area contributed by atoms with E-state index in [2.05, 4.69) is 0 Å². The van der Waals surface area contributed by atoms with Gasteiger partial charge in [0.25, 0.3) is 5.91 Å². The number of benzene rings is 2. The molecule has 1 amide bonds. The van der Waals surface area contributed by atoms with Crippen LogP contribution in [0, 0.1) is 0 Å². The van der Waals surface area contributed by atoms with Gasteiger partial charge in [-0.25, -0.2) is 0 Å². The fourth-order valence-corrected chi connectivity index (χ4v) is 2.18. The first kappa shape index (κ1) is 14.7. The zero-order chi connectivity index (χ0) is 14.7. The quantitative estimate of drug-likeness (QED) is 0.875. The number of nitrogens with two attached hydrogens (primary N) is 1. The van der Waals surface area contributed by atoms with Gasteiger partial charge >= 0.3 is 0 Å². The second-order valence-electron chi connectivity index (χ2n) is 4.52. The van der Waals surface area contributed by atoms with E-state index in [-0.39, 0.29) is 5.91 Å². The molecule has 2 aromatic carbocycles. The zero-order valence-corrected chi connectivity index (χ0v) is 12.4.